The van der Waals surface area contributed by atoms with Crippen LogP contribution in [0.3, 0.4) is 0 Å². The van der Waals surface area contributed by atoms with Crippen LogP contribution in [0.25, 0.3) is 43.8 Å². The molecule has 0 spiro atoms. The van der Waals surface area contributed by atoms with Crippen LogP contribution in [-0.2, 0) is 10.8 Å². The summed E-state index contributed by atoms with van der Waals surface area (Å²) in [4.78, 5) is 0. The Morgan fingerprint density at radius 2 is 0.685 bits per heavy atom. The van der Waals surface area contributed by atoms with E-state index >= 15 is 0 Å². The van der Waals surface area contributed by atoms with E-state index in [0.717, 1.165) is 0 Å². The van der Waals surface area contributed by atoms with Crippen molar-refractivity contribution in [2.24, 2.45) is 0 Å². The van der Waals surface area contributed by atoms with Crippen molar-refractivity contribution in [3.05, 3.63) is 220 Å². The van der Waals surface area contributed by atoms with Crippen molar-refractivity contribution in [1.29, 1.82) is 0 Å². The molecule has 10 rings (SSSR count). The molecule has 0 aromatic heterocycles. The van der Waals surface area contributed by atoms with E-state index in [-0.39, 0.29) is 10.8 Å². The molecule has 0 unspecified atom stereocenters. The van der Waals surface area contributed by atoms with Crippen LogP contribution in [0.1, 0.15) is 72.2 Å². The van der Waals surface area contributed by atoms with E-state index < -0.39 is 8.07 Å². The van der Waals surface area contributed by atoms with Gasteiger partial charge in [0.25, 0.3) is 0 Å². The van der Waals surface area contributed by atoms with E-state index in [1.807, 2.05) is 0 Å². The zero-order chi connectivity index (χ0) is 36.8. The maximum atomic E-state index is 2.63. The fraction of sp³-hybridized carbons (Fsp3) is 0.132. The fourth-order valence-corrected chi connectivity index (χ4v) is 15.0. The van der Waals surface area contributed by atoms with Gasteiger partial charge in [0.15, 0.2) is 0 Å². The van der Waals surface area contributed by atoms with Gasteiger partial charge in [0.05, 0.1) is 0 Å². The number of hydrogen-bond acceptors (Lipinski definition) is 0. The molecule has 7 aromatic rings. The van der Waals surface area contributed by atoms with Crippen LogP contribution in [0, 0.1) is 0 Å². The van der Waals surface area contributed by atoms with Crippen molar-refractivity contribution >= 4 is 34.8 Å². The highest BCUT2D eigenvalue weighted by Crippen LogP contribution is 2.58. The summed E-state index contributed by atoms with van der Waals surface area (Å²) < 4.78 is 0. The lowest BCUT2D eigenvalue weighted by molar-refractivity contribution is 0.660. The number of rotatable bonds is 5. The van der Waals surface area contributed by atoms with Gasteiger partial charge >= 0.3 is 0 Å². The van der Waals surface area contributed by atoms with Crippen molar-refractivity contribution in [2.45, 2.75) is 45.1 Å². The number of hydrogen-bond donors (Lipinski definition) is 0. The highest BCUT2D eigenvalue weighted by molar-refractivity contribution is 7.21. The van der Waals surface area contributed by atoms with Gasteiger partial charge in [-0.3, -0.25) is 0 Å². The van der Waals surface area contributed by atoms with Gasteiger partial charge in [-0.2, -0.15) is 0 Å². The summed E-state index contributed by atoms with van der Waals surface area (Å²) in [5.41, 5.74) is 18.8. The van der Waals surface area contributed by atoms with E-state index in [4.69, 9.17) is 0 Å². The quantitative estimate of drug-likeness (QED) is 0.156. The van der Waals surface area contributed by atoms with Crippen LogP contribution in [-0.4, -0.2) is 8.07 Å². The van der Waals surface area contributed by atoms with E-state index in [0.29, 0.717) is 0 Å². The fourth-order valence-electron chi connectivity index (χ4n) is 10.3. The monoisotopic (exact) mass is 708 g/mol. The molecule has 54 heavy (non-hydrogen) atoms. The minimum absolute atomic E-state index is 0.0994. The van der Waals surface area contributed by atoms with E-state index in [9.17, 15) is 0 Å². The molecular formula is C53H44Si. The Kier molecular flexibility index (Phi) is 7.22. The Balaban J connectivity index is 1.32. The molecule has 260 valence electrons. The SMILES string of the molecule is CC1(C)c2ccccc2-c2ccc(C3=C(c4ccccc4)C(c4ccccc4)=C(c4ccc5c(c4)C(C)(C)c4ccccc4-5)[Si]3(C)c3ccccc3)cc21. The van der Waals surface area contributed by atoms with Gasteiger partial charge in [0, 0.05) is 10.8 Å². The third kappa shape index (κ3) is 4.55. The van der Waals surface area contributed by atoms with Crippen LogP contribution >= 0.6 is 0 Å². The Labute approximate surface area is 321 Å². The lowest BCUT2D eigenvalue weighted by Crippen LogP contribution is -2.46. The third-order valence-electron chi connectivity index (χ3n) is 13.0. The first-order valence-electron chi connectivity index (χ1n) is 19.4. The standard InChI is InChI=1S/C53H44Si/c1-52(2)44-27-17-15-25-40(44)42-31-29-37(33-46(42)52)50-48(35-19-9-6-10-20-35)49(36-21-11-7-12-22-36)51(54(50,5)39-23-13-8-14-24-39)38-30-32-43-41-26-16-18-28-45(41)53(3,4)47(43)34-38/h6-34H,1-5H3. The second kappa shape index (κ2) is 11.9. The van der Waals surface area contributed by atoms with E-state index in [2.05, 4.69) is 210 Å². The Hall–Kier alpha value is -5.76. The van der Waals surface area contributed by atoms with Crippen LogP contribution < -0.4 is 5.19 Å². The van der Waals surface area contributed by atoms with Gasteiger partial charge in [-0.1, -0.05) is 210 Å². The van der Waals surface area contributed by atoms with E-state index in [1.165, 1.54) is 93.5 Å². The molecule has 0 bridgehead atoms. The predicted octanol–water partition coefficient (Wildman–Crippen LogP) is 12.9. The maximum Gasteiger partial charge on any atom is 0.148 e. The molecule has 1 aliphatic heterocycles. The van der Waals surface area contributed by atoms with Gasteiger partial charge in [0.1, 0.15) is 8.07 Å². The molecule has 0 fully saturated rings. The van der Waals surface area contributed by atoms with Crippen LogP contribution in [0.5, 0.6) is 0 Å². The van der Waals surface area contributed by atoms with Gasteiger partial charge < -0.3 is 0 Å². The first-order valence-corrected chi connectivity index (χ1v) is 21.9. The lowest BCUT2D eigenvalue weighted by Gasteiger charge is -2.33. The smallest absolute Gasteiger partial charge is 0.0624 e. The van der Waals surface area contributed by atoms with Gasteiger partial charge in [-0.15, -0.1) is 0 Å². The molecule has 2 aliphatic carbocycles. The number of allylic oxidation sites excluding steroid dienone is 2. The normalized spacial score (nSPS) is 16.9. The average molecular weight is 709 g/mol. The third-order valence-corrected chi connectivity index (χ3v) is 17.5. The van der Waals surface area contributed by atoms with Crippen molar-refractivity contribution in [3.8, 4) is 22.3 Å². The molecule has 7 aromatic carbocycles. The molecule has 1 heterocycles. The van der Waals surface area contributed by atoms with Gasteiger partial charge in [-0.05, 0) is 93.5 Å². The van der Waals surface area contributed by atoms with Gasteiger partial charge in [0.2, 0.25) is 0 Å². The van der Waals surface area contributed by atoms with Crippen LogP contribution in [0.2, 0.25) is 6.55 Å². The first-order chi connectivity index (χ1) is 26.2. The van der Waals surface area contributed by atoms with Gasteiger partial charge in [-0.25, -0.2) is 0 Å². The second-order valence-electron chi connectivity index (χ2n) is 16.6. The summed E-state index contributed by atoms with van der Waals surface area (Å²) in [5, 5.41) is 4.41. The molecule has 1 heteroatoms. The van der Waals surface area contributed by atoms with Crippen molar-refractivity contribution in [3.63, 3.8) is 0 Å². The molecule has 0 amide bonds. The molecule has 0 saturated carbocycles. The number of fused-ring (bicyclic) bond motifs is 6. The summed E-state index contributed by atoms with van der Waals surface area (Å²) in [6, 6.07) is 66.8. The first kappa shape index (κ1) is 32.9. The average Bonchev–Trinajstić information content (AvgIpc) is 3.73. The zero-order valence-electron chi connectivity index (χ0n) is 31.7. The maximum absolute atomic E-state index is 2.75. The Morgan fingerprint density at radius 1 is 0.333 bits per heavy atom. The summed E-state index contributed by atoms with van der Waals surface area (Å²) in [5.74, 6) is 0. The zero-order valence-corrected chi connectivity index (χ0v) is 32.7. The summed E-state index contributed by atoms with van der Waals surface area (Å²) >= 11 is 0. The summed E-state index contributed by atoms with van der Waals surface area (Å²) in [7, 11) is -2.75. The molecule has 3 aliphatic rings. The van der Waals surface area contributed by atoms with Crippen LogP contribution in [0.4, 0.5) is 0 Å². The molecule has 0 nitrogen and oxygen atoms in total. The molecule has 0 N–H and O–H groups in total. The predicted molar refractivity (Wildman–Crippen MR) is 232 cm³/mol. The molecule has 0 atom stereocenters. The molecule has 0 saturated heterocycles. The second-order valence-corrected chi connectivity index (χ2v) is 20.4. The van der Waals surface area contributed by atoms with Crippen LogP contribution in [0.15, 0.2) is 176 Å². The minimum Gasteiger partial charge on any atom is -0.0624 e. The summed E-state index contributed by atoms with van der Waals surface area (Å²) in [6.45, 7) is 12.2. The number of benzene rings is 7. The minimum atomic E-state index is -2.75. The lowest BCUT2D eigenvalue weighted by atomic mass is 9.81. The Morgan fingerprint density at radius 3 is 1.11 bits per heavy atom. The Bertz CT molecular complexity index is 2520. The highest BCUT2D eigenvalue weighted by Gasteiger charge is 2.49. The summed E-state index contributed by atoms with van der Waals surface area (Å²) in [6.07, 6.45) is 0. The van der Waals surface area contributed by atoms with Crippen molar-refractivity contribution in [1.82, 2.24) is 0 Å². The van der Waals surface area contributed by atoms with Crippen molar-refractivity contribution < 1.29 is 0 Å². The van der Waals surface area contributed by atoms with E-state index in [1.54, 1.807) is 0 Å². The molecule has 0 radical (unpaired) electrons. The van der Waals surface area contributed by atoms with Crippen molar-refractivity contribution in [2.75, 3.05) is 0 Å². The highest BCUT2D eigenvalue weighted by atomic mass is 28.3. The largest absolute Gasteiger partial charge is 0.148 e. The molecular weight excluding hydrogens is 665 g/mol. The topological polar surface area (TPSA) is 0 Å².